The fraction of sp³-hybridized carbons (Fsp3) is 0.400. The first-order chi connectivity index (χ1) is 12.2. The minimum atomic E-state index is -0.0566. The van der Waals surface area contributed by atoms with Crippen molar-refractivity contribution in [1.29, 1.82) is 0 Å². The normalized spacial score (nSPS) is 20.6. The van der Waals surface area contributed by atoms with Gasteiger partial charge in [0.05, 0.1) is 0 Å². The van der Waals surface area contributed by atoms with Crippen LogP contribution in [-0.2, 0) is 0 Å². The molecule has 5 heteroatoms. The van der Waals surface area contributed by atoms with Crippen molar-refractivity contribution in [2.45, 2.75) is 25.3 Å². The van der Waals surface area contributed by atoms with Crippen LogP contribution in [0.25, 0.3) is 0 Å². The average Bonchev–Trinajstić information content (AvgIpc) is 3.10. The van der Waals surface area contributed by atoms with Gasteiger partial charge in [-0.05, 0) is 43.4 Å². The van der Waals surface area contributed by atoms with Crippen molar-refractivity contribution in [3.05, 3.63) is 59.4 Å². The lowest BCUT2D eigenvalue weighted by Gasteiger charge is -2.16. The van der Waals surface area contributed by atoms with Crippen LogP contribution in [0.2, 0.25) is 0 Å². The molecule has 2 fully saturated rings. The molecule has 1 saturated heterocycles. The number of nitrogens with one attached hydrogen (secondary N) is 2. The average molecular weight is 337 g/mol. The molecule has 1 aliphatic heterocycles. The Kier molecular flexibility index (Phi) is 4.40. The summed E-state index contributed by atoms with van der Waals surface area (Å²) in [5.41, 5.74) is 1.82. The number of hydrogen-bond acceptors (Lipinski definition) is 3. The van der Waals surface area contributed by atoms with Crippen molar-refractivity contribution in [1.82, 2.24) is 15.2 Å². The Morgan fingerprint density at radius 1 is 1.04 bits per heavy atom. The highest BCUT2D eigenvalue weighted by atomic mass is 16.1. The second-order valence-corrected chi connectivity index (χ2v) is 7.17. The van der Waals surface area contributed by atoms with Crippen molar-refractivity contribution in [2.24, 2.45) is 5.92 Å². The summed E-state index contributed by atoms with van der Waals surface area (Å²) in [4.78, 5) is 30.0. The minimum Gasteiger partial charge on any atom is -0.367 e. The number of nitrogens with zero attached hydrogens (tertiary/aromatic N) is 1. The fourth-order valence-electron chi connectivity index (χ4n) is 3.46. The van der Waals surface area contributed by atoms with E-state index in [2.05, 4.69) is 15.2 Å². The lowest BCUT2D eigenvalue weighted by molar-refractivity contribution is 0.0936. The molecule has 2 heterocycles. The third kappa shape index (κ3) is 3.82. The number of H-pyrrole nitrogens is 1. The zero-order valence-electron chi connectivity index (χ0n) is 14.2. The maximum Gasteiger partial charge on any atom is 0.251 e. The van der Waals surface area contributed by atoms with E-state index in [0.717, 1.165) is 25.4 Å². The third-order valence-electron chi connectivity index (χ3n) is 5.09. The Balaban J connectivity index is 1.33. The molecule has 25 heavy (non-hydrogen) atoms. The molecule has 1 atom stereocenters. The Morgan fingerprint density at radius 3 is 2.48 bits per heavy atom. The van der Waals surface area contributed by atoms with Gasteiger partial charge in [0.15, 0.2) is 5.78 Å². The zero-order valence-corrected chi connectivity index (χ0v) is 14.2. The summed E-state index contributed by atoms with van der Waals surface area (Å²) in [6.07, 6.45) is 7.14. The highest BCUT2D eigenvalue weighted by Crippen LogP contribution is 2.30. The highest BCUT2D eigenvalue weighted by molar-refractivity contribution is 6.09. The minimum absolute atomic E-state index is 0.0419. The van der Waals surface area contributed by atoms with E-state index in [0.29, 0.717) is 16.7 Å². The first kappa shape index (κ1) is 16.1. The smallest absolute Gasteiger partial charge is 0.251 e. The standard InChI is InChI=1S/C20H23N3O2/c24-19(17-7-9-21-11-17)15-3-5-16(6-4-15)20(25)22-18-8-10-23(13-18)12-14-1-2-14/h3-7,9,11,14,18,21H,1-2,8,10,12-13H2,(H,22,25)/t18-/m0/s1. The summed E-state index contributed by atoms with van der Waals surface area (Å²) < 4.78 is 0. The molecular formula is C20H23N3O2. The molecule has 0 bridgehead atoms. The first-order valence-corrected chi connectivity index (χ1v) is 9.00. The van der Waals surface area contributed by atoms with Crippen molar-refractivity contribution >= 4 is 11.7 Å². The summed E-state index contributed by atoms with van der Waals surface area (Å²) in [5.74, 6) is 0.790. The maximum atomic E-state index is 12.4. The van der Waals surface area contributed by atoms with Crippen LogP contribution in [0, 0.1) is 5.92 Å². The lowest BCUT2D eigenvalue weighted by Crippen LogP contribution is -2.37. The number of ketones is 1. The summed E-state index contributed by atoms with van der Waals surface area (Å²) in [6.45, 7) is 3.21. The Bertz CT molecular complexity index is 748. The summed E-state index contributed by atoms with van der Waals surface area (Å²) in [5, 5.41) is 3.12. The summed E-state index contributed by atoms with van der Waals surface area (Å²) in [6, 6.07) is 8.87. The molecular weight excluding hydrogens is 314 g/mol. The summed E-state index contributed by atoms with van der Waals surface area (Å²) in [7, 11) is 0. The third-order valence-corrected chi connectivity index (χ3v) is 5.09. The molecule has 1 aliphatic carbocycles. The SMILES string of the molecule is O=C(N[C@H]1CCN(CC2CC2)C1)c1ccc(C(=O)c2cc[nH]c2)cc1. The van der Waals surface area contributed by atoms with Gasteiger partial charge in [-0.15, -0.1) is 0 Å². The van der Waals surface area contributed by atoms with E-state index in [1.165, 1.54) is 19.4 Å². The van der Waals surface area contributed by atoms with E-state index < -0.39 is 0 Å². The van der Waals surface area contributed by atoms with Crippen LogP contribution in [0.15, 0.2) is 42.7 Å². The zero-order chi connectivity index (χ0) is 17.2. The van der Waals surface area contributed by atoms with Crippen LogP contribution in [0.4, 0.5) is 0 Å². The molecule has 2 aromatic rings. The molecule has 1 aromatic heterocycles. The van der Waals surface area contributed by atoms with Crippen molar-refractivity contribution in [2.75, 3.05) is 19.6 Å². The number of carbonyl (C=O) groups excluding carboxylic acids is 2. The van der Waals surface area contributed by atoms with E-state index in [-0.39, 0.29) is 17.7 Å². The van der Waals surface area contributed by atoms with Gasteiger partial charge in [-0.1, -0.05) is 12.1 Å². The van der Waals surface area contributed by atoms with Crippen molar-refractivity contribution < 1.29 is 9.59 Å². The van der Waals surface area contributed by atoms with Crippen LogP contribution < -0.4 is 5.32 Å². The van der Waals surface area contributed by atoms with Crippen molar-refractivity contribution in [3.63, 3.8) is 0 Å². The van der Waals surface area contributed by atoms with Gasteiger partial charge in [-0.3, -0.25) is 9.59 Å². The molecule has 1 aromatic carbocycles. The molecule has 0 spiro atoms. The Hall–Kier alpha value is -2.40. The second kappa shape index (κ2) is 6.84. The van der Waals surface area contributed by atoms with Gasteiger partial charge < -0.3 is 15.2 Å². The molecule has 1 saturated carbocycles. The fourth-order valence-corrected chi connectivity index (χ4v) is 3.46. The number of likely N-dealkylation sites (tertiary alicyclic amines) is 1. The lowest BCUT2D eigenvalue weighted by atomic mass is 10.0. The predicted molar refractivity (Wildman–Crippen MR) is 95.7 cm³/mol. The van der Waals surface area contributed by atoms with Gasteiger partial charge in [0.1, 0.15) is 0 Å². The van der Waals surface area contributed by atoms with E-state index >= 15 is 0 Å². The molecule has 4 rings (SSSR count). The topological polar surface area (TPSA) is 65.2 Å². The van der Waals surface area contributed by atoms with Crippen LogP contribution in [0.5, 0.6) is 0 Å². The van der Waals surface area contributed by atoms with Crippen LogP contribution in [0.3, 0.4) is 0 Å². The number of benzene rings is 1. The Morgan fingerprint density at radius 2 is 1.80 bits per heavy atom. The molecule has 130 valence electrons. The van der Waals surface area contributed by atoms with Crippen molar-refractivity contribution in [3.8, 4) is 0 Å². The van der Waals surface area contributed by atoms with E-state index in [4.69, 9.17) is 0 Å². The number of hydrogen-bond donors (Lipinski definition) is 2. The first-order valence-electron chi connectivity index (χ1n) is 9.00. The highest BCUT2D eigenvalue weighted by Gasteiger charge is 2.29. The maximum absolute atomic E-state index is 12.4. The monoisotopic (exact) mass is 337 g/mol. The summed E-state index contributed by atoms with van der Waals surface area (Å²) >= 11 is 0. The van der Waals surface area contributed by atoms with Crippen LogP contribution >= 0.6 is 0 Å². The molecule has 5 nitrogen and oxygen atoms in total. The predicted octanol–water partition coefficient (Wildman–Crippen LogP) is 2.46. The van der Waals surface area contributed by atoms with Crippen LogP contribution in [-0.4, -0.2) is 47.3 Å². The number of rotatable bonds is 6. The molecule has 1 amide bonds. The number of amides is 1. The van der Waals surface area contributed by atoms with Gasteiger partial charge in [-0.2, -0.15) is 0 Å². The number of carbonyl (C=O) groups is 2. The van der Waals surface area contributed by atoms with E-state index in [9.17, 15) is 9.59 Å². The molecule has 0 unspecified atom stereocenters. The van der Waals surface area contributed by atoms with Crippen LogP contribution in [0.1, 0.15) is 45.5 Å². The number of aromatic amines is 1. The van der Waals surface area contributed by atoms with Gasteiger partial charge >= 0.3 is 0 Å². The quantitative estimate of drug-likeness (QED) is 0.796. The molecule has 2 aliphatic rings. The second-order valence-electron chi connectivity index (χ2n) is 7.17. The Labute approximate surface area is 147 Å². The van der Waals surface area contributed by atoms with Gasteiger partial charge in [0.2, 0.25) is 0 Å². The number of aromatic nitrogens is 1. The van der Waals surface area contributed by atoms with E-state index in [1.54, 1.807) is 42.7 Å². The molecule has 2 N–H and O–H groups in total. The van der Waals surface area contributed by atoms with Gasteiger partial charge in [-0.25, -0.2) is 0 Å². The van der Waals surface area contributed by atoms with Gasteiger partial charge in [0, 0.05) is 54.8 Å². The van der Waals surface area contributed by atoms with Gasteiger partial charge in [0.25, 0.3) is 5.91 Å². The van der Waals surface area contributed by atoms with E-state index in [1.807, 2.05) is 0 Å². The molecule has 0 radical (unpaired) electrons. The largest absolute Gasteiger partial charge is 0.367 e.